The first-order valence-corrected chi connectivity index (χ1v) is 7.66. The Hall–Kier alpha value is -3.03. The van der Waals surface area contributed by atoms with Crippen molar-refractivity contribution in [3.63, 3.8) is 0 Å². The third kappa shape index (κ3) is 3.65. The monoisotopic (exact) mass is 336 g/mol. The van der Waals surface area contributed by atoms with Crippen LogP contribution >= 0.6 is 11.6 Å². The van der Waals surface area contributed by atoms with Gasteiger partial charge in [0.15, 0.2) is 5.76 Å². The zero-order chi connectivity index (χ0) is 16.9. The number of amides is 1. The third-order valence-corrected chi connectivity index (χ3v) is 3.71. The second kappa shape index (κ2) is 7.03. The van der Waals surface area contributed by atoms with E-state index in [1.165, 1.54) is 0 Å². The minimum atomic E-state index is -0.330. The van der Waals surface area contributed by atoms with Crippen molar-refractivity contribution in [2.24, 2.45) is 0 Å². The van der Waals surface area contributed by atoms with Gasteiger partial charge in [-0.15, -0.1) is 0 Å². The summed E-state index contributed by atoms with van der Waals surface area (Å²) in [6.45, 7) is 0. The summed E-state index contributed by atoms with van der Waals surface area (Å²) in [7, 11) is 0. The van der Waals surface area contributed by atoms with Crippen molar-refractivity contribution < 1.29 is 9.21 Å². The number of nitriles is 1. The second-order valence-corrected chi connectivity index (χ2v) is 5.59. The molecule has 0 spiro atoms. The fraction of sp³-hybridized carbons (Fsp3) is 0.0526. The van der Waals surface area contributed by atoms with E-state index >= 15 is 0 Å². The number of nitrogens with zero attached hydrogens (tertiary/aromatic N) is 1. The van der Waals surface area contributed by atoms with Gasteiger partial charge in [0, 0.05) is 16.3 Å². The van der Waals surface area contributed by atoms with Crippen molar-refractivity contribution in [3.05, 3.63) is 77.0 Å². The van der Waals surface area contributed by atoms with Crippen LogP contribution in [-0.2, 0) is 6.42 Å². The summed E-state index contributed by atoms with van der Waals surface area (Å²) in [4.78, 5) is 12.2. The minimum Gasteiger partial charge on any atom is -0.451 e. The van der Waals surface area contributed by atoms with Crippen LogP contribution in [-0.4, -0.2) is 5.91 Å². The van der Waals surface area contributed by atoms with Gasteiger partial charge in [-0.1, -0.05) is 23.7 Å². The van der Waals surface area contributed by atoms with Crippen LogP contribution < -0.4 is 5.32 Å². The first-order valence-electron chi connectivity index (χ1n) is 7.29. The van der Waals surface area contributed by atoms with Crippen LogP contribution in [0.3, 0.4) is 0 Å². The Bertz CT molecular complexity index is 890. The molecule has 3 aromatic rings. The number of hydrogen-bond acceptors (Lipinski definition) is 3. The summed E-state index contributed by atoms with van der Waals surface area (Å²) in [5.74, 6) is 0.491. The fourth-order valence-electron chi connectivity index (χ4n) is 2.22. The molecule has 0 aliphatic heterocycles. The van der Waals surface area contributed by atoms with E-state index in [0.717, 1.165) is 11.1 Å². The van der Waals surface area contributed by atoms with Gasteiger partial charge in [0.05, 0.1) is 12.5 Å². The van der Waals surface area contributed by atoms with Crippen molar-refractivity contribution in [1.82, 2.24) is 0 Å². The first-order chi connectivity index (χ1) is 11.7. The van der Waals surface area contributed by atoms with Crippen LogP contribution in [0, 0.1) is 11.3 Å². The standard InChI is InChI=1S/C19H13ClN2O2/c20-15-5-3-14(4-6-15)17-9-10-18(24-17)19(23)22-16-7-1-13(2-8-16)11-12-21/h1-10H,11H2,(H,22,23). The highest BCUT2D eigenvalue weighted by molar-refractivity contribution is 6.30. The molecule has 24 heavy (non-hydrogen) atoms. The lowest BCUT2D eigenvalue weighted by Crippen LogP contribution is -2.10. The predicted octanol–water partition coefficient (Wildman–Crippen LogP) is 4.92. The minimum absolute atomic E-state index is 0.223. The number of carbonyl (C=O) groups is 1. The van der Waals surface area contributed by atoms with E-state index in [1.54, 1.807) is 48.5 Å². The van der Waals surface area contributed by atoms with E-state index < -0.39 is 0 Å². The van der Waals surface area contributed by atoms with Crippen LogP contribution in [0.1, 0.15) is 16.1 Å². The van der Waals surface area contributed by atoms with E-state index in [9.17, 15) is 4.79 Å². The maximum Gasteiger partial charge on any atom is 0.291 e. The molecule has 0 fully saturated rings. The van der Waals surface area contributed by atoms with Gasteiger partial charge < -0.3 is 9.73 Å². The highest BCUT2D eigenvalue weighted by Gasteiger charge is 2.12. The first kappa shape index (κ1) is 15.9. The number of carbonyl (C=O) groups excluding carboxylic acids is 1. The van der Waals surface area contributed by atoms with Gasteiger partial charge in [0.1, 0.15) is 5.76 Å². The molecule has 1 heterocycles. The topological polar surface area (TPSA) is 66.0 Å². The number of nitrogens with one attached hydrogen (secondary N) is 1. The second-order valence-electron chi connectivity index (χ2n) is 5.16. The van der Waals surface area contributed by atoms with Crippen molar-refractivity contribution in [2.75, 3.05) is 5.32 Å². The van der Waals surface area contributed by atoms with E-state index in [1.807, 2.05) is 12.1 Å². The lowest BCUT2D eigenvalue weighted by atomic mass is 10.1. The SMILES string of the molecule is N#CCc1ccc(NC(=O)c2ccc(-c3ccc(Cl)cc3)o2)cc1. The molecule has 0 bridgehead atoms. The van der Waals surface area contributed by atoms with Gasteiger partial charge in [-0.2, -0.15) is 5.26 Å². The number of halogens is 1. The quantitative estimate of drug-likeness (QED) is 0.735. The molecule has 4 nitrogen and oxygen atoms in total. The Morgan fingerprint density at radius 3 is 2.42 bits per heavy atom. The summed E-state index contributed by atoms with van der Waals surface area (Å²) in [5.41, 5.74) is 2.39. The molecule has 0 unspecified atom stereocenters. The molecule has 2 aromatic carbocycles. The van der Waals surface area contributed by atoms with Crippen molar-refractivity contribution in [1.29, 1.82) is 5.26 Å². The Kier molecular flexibility index (Phi) is 4.64. The Morgan fingerprint density at radius 1 is 1.04 bits per heavy atom. The molecule has 0 radical (unpaired) electrons. The average molecular weight is 337 g/mol. The van der Waals surface area contributed by atoms with Gasteiger partial charge in [0.2, 0.25) is 0 Å². The smallest absolute Gasteiger partial charge is 0.291 e. The zero-order valence-corrected chi connectivity index (χ0v) is 13.4. The Labute approximate surface area is 144 Å². The lowest BCUT2D eigenvalue weighted by molar-refractivity contribution is 0.0997. The number of furan rings is 1. The number of rotatable bonds is 4. The van der Waals surface area contributed by atoms with Crippen LogP contribution in [0.2, 0.25) is 5.02 Å². The number of benzene rings is 2. The molecule has 1 amide bonds. The molecule has 3 rings (SSSR count). The molecular formula is C19H13ClN2O2. The Morgan fingerprint density at radius 2 is 1.75 bits per heavy atom. The van der Waals surface area contributed by atoms with Crippen molar-refractivity contribution in [3.8, 4) is 17.4 Å². The largest absolute Gasteiger partial charge is 0.451 e. The molecule has 1 aromatic heterocycles. The van der Waals surface area contributed by atoms with Crippen LogP contribution in [0.25, 0.3) is 11.3 Å². The van der Waals surface area contributed by atoms with Crippen molar-refractivity contribution >= 4 is 23.2 Å². The number of hydrogen-bond donors (Lipinski definition) is 1. The maximum atomic E-state index is 12.2. The van der Waals surface area contributed by atoms with E-state index in [4.69, 9.17) is 21.3 Å². The predicted molar refractivity (Wildman–Crippen MR) is 92.9 cm³/mol. The number of anilines is 1. The molecule has 0 saturated carbocycles. The van der Waals surface area contributed by atoms with E-state index in [-0.39, 0.29) is 11.7 Å². The van der Waals surface area contributed by atoms with E-state index in [0.29, 0.717) is 22.9 Å². The lowest BCUT2D eigenvalue weighted by Gasteiger charge is -2.04. The highest BCUT2D eigenvalue weighted by atomic mass is 35.5. The molecule has 0 aliphatic carbocycles. The third-order valence-electron chi connectivity index (χ3n) is 3.45. The van der Waals surface area contributed by atoms with Gasteiger partial charge in [0.25, 0.3) is 5.91 Å². The van der Waals surface area contributed by atoms with Crippen LogP contribution in [0.5, 0.6) is 0 Å². The van der Waals surface area contributed by atoms with Gasteiger partial charge in [-0.3, -0.25) is 4.79 Å². The van der Waals surface area contributed by atoms with Crippen LogP contribution in [0.4, 0.5) is 5.69 Å². The highest BCUT2D eigenvalue weighted by Crippen LogP contribution is 2.24. The van der Waals surface area contributed by atoms with Gasteiger partial charge in [-0.05, 0) is 54.1 Å². The summed E-state index contributed by atoms with van der Waals surface area (Å²) >= 11 is 5.86. The molecule has 0 atom stereocenters. The molecule has 118 valence electrons. The Balaban J connectivity index is 1.71. The van der Waals surface area contributed by atoms with Crippen LogP contribution in [0.15, 0.2) is 65.1 Å². The summed E-state index contributed by atoms with van der Waals surface area (Å²) in [5, 5.41) is 12.1. The zero-order valence-electron chi connectivity index (χ0n) is 12.6. The summed E-state index contributed by atoms with van der Waals surface area (Å²) < 4.78 is 5.61. The fourth-order valence-corrected chi connectivity index (χ4v) is 2.35. The molecule has 0 aliphatic rings. The maximum absolute atomic E-state index is 12.2. The van der Waals surface area contributed by atoms with Gasteiger partial charge >= 0.3 is 0 Å². The summed E-state index contributed by atoms with van der Waals surface area (Å²) in [6.07, 6.45) is 0.344. The normalized spacial score (nSPS) is 10.2. The van der Waals surface area contributed by atoms with Gasteiger partial charge in [-0.25, -0.2) is 0 Å². The summed E-state index contributed by atoms with van der Waals surface area (Å²) in [6, 6.07) is 19.8. The molecule has 1 N–H and O–H groups in total. The molecular weight excluding hydrogens is 324 g/mol. The van der Waals surface area contributed by atoms with Crippen molar-refractivity contribution in [2.45, 2.75) is 6.42 Å². The molecule has 5 heteroatoms. The van der Waals surface area contributed by atoms with E-state index in [2.05, 4.69) is 11.4 Å². The average Bonchev–Trinajstić information content (AvgIpc) is 3.08. The molecule has 0 saturated heterocycles.